The second kappa shape index (κ2) is 8.53. The van der Waals surface area contributed by atoms with Gasteiger partial charge in [-0.05, 0) is 12.8 Å². The molecule has 0 amide bonds. The Morgan fingerprint density at radius 3 is 2.67 bits per heavy atom. The van der Waals surface area contributed by atoms with Crippen molar-refractivity contribution >= 4 is 16.8 Å². The zero-order chi connectivity index (χ0) is 9.23. The average molecular weight is 187 g/mol. The number of unbranched alkanes of at least 4 members (excludes halogenated alkanes) is 4. The molecule has 0 unspecified atom stereocenters. The molecular formula is C9H15O2S+. The van der Waals surface area contributed by atoms with Gasteiger partial charge in [0.15, 0.2) is 0 Å². The van der Waals surface area contributed by atoms with E-state index in [9.17, 15) is 9.00 Å². The van der Waals surface area contributed by atoms with Gasteiger partial charge in [0, 0.05) is 10.3 Å². The molecule has 0 aliphatic heterocycles. The smallest absolute Gasteiger partial charge is 0.216 e. The van der Waals surface area contributed by atoms with Gasteiger partial charge in [0.1, 0.15) is 0 Å². The fraction of sp³-hybridized carbons (Fsp3) is 0.667. The van der Waals surface area contributed by atoms with Gasteiger partial charge in [0.05, 0.1) is 0 Å². The normalized spacial score (nSPS) is 10.4. The molecule has 2 nitrogen and oxygen atoms in total. The van der Waals surface area contributed by atoms with Gasteiger partial charge >= 0.3 is 16.8 Å². The van der Waals surface area contributed by atoms with Crippen molar-refractivity contribution in [1.82, 2.24) is 0 Å². The largest absolute Gasteiger partial charge is 0.551 e. The maximum absolute atomic E-state index is 10.5. The zero-order valence-corrected chi connectivity index (χ0v) is 8.23. The molecule has 0 atom stereocenters. The van der Waals surface area contributed by atoms with Gasteiger partial charge in [0.25, 0.3) is 0 Å². The molecule has 12 heavy (non-hydrogen) atoms. The minimum Gasteiger partial charge on any atom is -0.216 e. The maximum atomic E-state index is 10.5. The van der Waals surface area contributed by atoms with Crippen LogP contribution in [0.2, 0.25) is 0 Å². The number of hydrogen-bond donors (Lipinski definition) is 0. The van der Waals surface area contributed by atoms with Gasteiger partial charge in [0.2, 0.25) is 0 Å². The summed E-state index contributed by atoms with van der Waals surface area (Å²) >= 11 is 0.0174. The van der Waals surface area contributed by atoms with Gasteiger partial charge < -0.3 is 0 Å². The Morgan fingerprint density at radius 2 is 2.08 bits per heavy atom. The molecule has 0 bridgehead atoms. The van der Waals surface area contributed by atoms with E-state index in [4.69, 9.17) is 0 Å². The summed E-state index contributed by atoms with van der Waals surface area (Å²) in [6.07, 6.45) is 8.84. The van der Waals surface area contributed by atoms with Crippen LogP contribution in [0.1, 0.15) is 39.0 Å². The molecule has 0 aromatic heterocycles. The fourth-order valence-electron chi connectivity index (χ4n) is 0.896. The van der Waals surface area contributed by atoms with Crippen molar-refractivity contribution in [3.63, 3.8) is 0 Å². The summed E-state index contributed by atoms with van der Waals surface area (Å²) in [4.78, 5) is 10.5. The van der Waals surface area contributed by atoms with Crippen molar-refractivity contribution < 1.29 is 9.00 Å². The Hall–Kier alpha value is -0.570. The summed E-state index contributed by atoms with van der Waals surface area (Å²) in [6.45, 7) is 2.16. The molecule has 0 fully saturated rings. The second-order valence-corrected chi connectivity index (χ2v) is 3.22. The molecule has 0 radical (unpaired) electrons. The summed E-state index contributed by atoms with van der Waals surface area (Å²) in [5.41, 5.74) is 0. The Morgan fingerprint density at radius 1 is 1.33 bits per heavy atom. The summed E-state index contributed by atoms with van der Waals surface area (Å²) in [5, 5.41) is -0.398. The van der Waals surface area contributed by atoms with E-state index in [1.54, 1.807) is 6.08 Å². The molecule has 0 aromatic carbocycles. The molecule has 0 saturated heterocycles. The van der Waals surface area contributed by atoms with Crippen LogP contribution < -0.4 is 0 Å². The van der Waals surface area contributed by atoms with Crippen LogP contribution in [0.3, 0.4) is 0 Å². The number of carbonyl (C=O) groups is 1. The molecular weight excluding hydrogens is 172 g/mol. The van der Waals surface area contributed by atoms with Crippen LogP contribution in [0.4, 0.5) is 0 Å². The van der Waals surface area contributed by atoms with Crippen molar-refractivity contribution in [3.05, 3.63) is 12.2 Å². The molecule has 0 aromatic rings. The fourth-order valence-corrected chi connectivity index (χ4v) is 1.05. The minimum absolute atomic E-state index is 0.0174. The number of hydrogen-bond acceptors (Lipinski definition) is 2. The van der Waals surface area contributed by atoms with Crippen LogP contribution in [0, 0.1) is 0 Å². The van der Waals surface area contributed by atoms with Crippen molar-refractivity contribution in [1.29, 1.82) is 0 Å². The summed E-state index contributed by atoms with van der Waals surface area (Å²) in [7, 11) is 0. The Balaban J connectivity index is 3.24. The predicted octanol–water partition coefficient (Wildman–Crippen LogP) is 2.47. The van der Waals surface area contributed by atoms with E-state index in [0.29, 0.717) is 0 Å². The molecule has 0 saturated carbocycles. The average Bonchev–Trinajstić information content (AvgIpc) is 2.10. The Labute approximate surface area is 77.5 Å². The third-order valence-electron chi connectivity index (χ3n) is 1.56. The number of carbonyl (C=O) groups excluding carboxylic acids is 1. The maximum Gasteiger partial charge on any atom is 0.551 e. The first-order valence-electron chi connectivity index (χ1n) is 4.31. The van der Waals surface area contributed by atoms with Crippen molar-refractivity contribution in [2.24, 2.45) is 0 Å². The van der Waals surface area contributed by atoms with Gasteiger partial charge in [-0.3, -0.25) is 0 Å². The summed E-state index contributed by atoms with van der Waals surface area (Å²) < 4.78 is 9.91. The van der Waals surface area contributed by atoms with E-state index in [1.807, 2.05) is 0 Å². The quantitative estimate of drug-likeness (QED) is 0.363. The van der Waals surface area contributed by atoms with Gasteiger partial charge in [-0.25, -0.2) is 4.79 Å². The van der Waals surface area contributed by atoms with E-state index < -0.39 is 5.12 Å². The third kappa shape index (κ3) is 7.54. The Kier molecular flexibility index (Phi) is 8.12. The highest BCUT2D eigenvalue weighted by molar-refractivity contribution is 7.83. The van der Waals surface area contributed by atoms with Crippen molar-refractivity contribution in [2.75, 3.05) is 0 Å². The topological polar surface area (TPSA) is 34.1 Å². The number of allylic oxidation sites excluding steroid dienone is 1. The first-order chi connectivity index (χ1) is 5.81. The zero-order valence-electron chi connectivity index (χ0n) is 7.41. The molecule has 0 aliphatic rings. The Bertz CT molecular complexity index is 164. The van der Waals surface area contributed by atoms with E-state index >= 15 is 0 Å². The van der Waals surface area contributed by atoms with Crippen LogP contribution >= 0.6 is 0 Å². The monoisotopic (exact) mass is 187 g/mol. The van der Waals surface area contributed by atoms with Crippen LogP contribution in [-0.4, -0.2) is 5.12 Å². The van der Waals surface area contributed by atoms with Crippen LogP contribution in [-0.2, 0) is 20.7 Å². The predicted molar refractivity (Wildman–Crippen MR) is 51.0 cm³/mol. The summed E-state index contributed by atoms with van der Waals surface area (Å²) in [5.74, 6) is 0. The molecule has 68 valence electrons. The van der Waals surface area contributed by atoms with Gasteiger partial charge in [-0.2, -0.15) is 0 Å². The first-order valence-corrected chi connectivity index (χ1v) is 5.05. The lowest BCUT2D eigenvalue weighted by Gasteiger charge is -1.92. The first kappa shape index (κ1) is 11.4. The van der Waals surface area contributed by atoms with E-state index in [1.165, 1.54) is 25.3 Å². The van der Waals surface area contributed by atoms with Crippen LogP contribution in [0.5, 0.6) is 0 Å². The van der Waals surface area contributed by atoms with Gasteiger partial charge in [-0.15, -0.1) is 0 Å². The minimum atomic E-state index is -0.398. The van der Waals surface area contributed by atoms with E-state index in [2.05, 4.69) is 6.92 Å². The van der Waals surface area contributed by atoms with E-state index in [0.717, 1.165) is 12.8 Å². The lowest BCUT2D eigenvalue weighted by atomic mass is 10.1. The lowest BCUT2D eigenvalue weighted by molar-refractivity contribution is -0.107. The molecule has 0 N–H and O–H groups in total. The molecule has 3 heteroatoms. The summed E-state index contributed by atoms with van der Waals surface area (Å²) in [6, 6.07) is 0. The number of rotatable bonds is 6. The molecule has 0 heterocycles. The highest BCUT2D eigenvalue weighted by Crippen LogP contribution is 2.02. The van der Waals surface area contributed by atoms with Crippen LogP contribution in [0.15, 0.2) is 12.2 Å². The molecule has 0 spiro atoms. The highest BCUT2D eigenvalue weighted by atomic mass is 32.1. The second-order valence-electron chi connectivity index (χ2n) is 2.65. The SMILES string of the molecule is CCCCCCC=CC(=O)[S+]=O. The molecule has 0 rings (SSSR count). The highest BCUT2D eigenvalue weighted by Gasteiger charge is 2.08. The van der Waals surface area contributed by atoms with Crippen molar-refractivity contribution in [3.8, 4) is 0 Å². The third-order valence-corrected chi connectivity index (χ3v) is 1.86. The standard InChI is InChI=1S/C9H15O2S/c1-2-3-4-5-6-7-8-9(10)12-11/h7-8H,2-6H2,1H3/q+1. The molecule has 0 aliphatic carbocycles. The lowest BCUT2D eigenvalue weighted by Crippen LogP contribution is -1.85. The van der Waals surface area contributed by atoms with Crippen molar-refractivity contribution in [2.45, 2.75) is 39.0 Å². The van der Waals surface area contributed by atoms with E-state index in [-0.39, 0.29) is 11.7 Å². The van der Waals surface area contributed by atoms with Crippen LogP contribution in [0.25, 0.3) is 0 Å². The van der Waals surface area contributed by atoms with Gasteiger partial charge in [-0.1, -0.05) is 32.3 Å².